The highest BCUT2D eigenvalue weighted by Crippen LogP contribution is 2.29. The maximum absolute atomic E-state index is 10.8. The molecule has 1 aliphatic carbocycles. The number of nitrogens with two attached hydrogens (primary N) is 1. The van der Waals surface area contributed by atoms with E-state index < -0.39 is 4.92 Å². The van der Waals surface area contributed by atoms with Gasteiger partial charge < -0.3 is 5.73 Å². The third kappa shape index (κ3) is 2.74. The quantitative estimate of drug-likeness (QED) is 0.482. The van der Waals surface area contributed by atoms with E-state index in [4.69, 9.17) is 5.73 Å². The van der Waals surface area contributed by atoms with Gasteiger partial charge in [-0.15, -0.1) is 0 Å². The highest BCUT2D eigenvalue weighted by molar-refractivity contribution is 5.59. The summed E-state index contributed by atoms with van der Waals surface area (Å²) in [6, 6.07) is 5.73. The second-order valence-electron chi connectivity index (χ2n) is 4.44. The Bertz CT molecular complexity index is 430. The van der Waals surface area contributed by atoms with Crippen LogP contribution in [0.15, 0.2) is 18.2 Å². The van der Waals surface area contributed by atoms with Crippen LogP contribution in [0, 0.1) is 10.1 Å². The van der Waals surface area contributed by atoms with Crippen LogP contribution in [0.5, 0.6) is 0 Å². The Hall–Kier alpha value is -1.62. The summed E-state index contributed by atoms with van der Waals surface area (Å²) in [5.41, 5.74) is 6.77. The van der Waals surface area contributed by atoms with Crippen molar-refractivity contribution in [3.05, 3.63) is 33.9 Å². The lowest BCUT2D eigenvalue weighted by Gasteiger charge is -2.19. The lowest BCUT2D eigenvalue weighted by molar-refractivity contribution is -0.384. The summed E-state index contributed by atoms with van der Waals surface area (Å²) >= 11 is 0. The number of hydrogen-bond donors (Lipinski definition) is 1. The molecule has 1 saturated carbocycles. The summed E-state index contributed by atoms with van der Waals surface area (Å²) < 4.78 is 0. The molecule has 2 rings (SSSR count). The first-order chi connectivity index (χ1) is 8.11. The first-order valence-corrected chi connectivity index (χ1v) is 5.88. The predicted octanol–water partition coefficient (Wildman–Crippen LogP) is 2.16. The van der Waals surface area contributed by atoms with E-state index in [1.807, 2.05) is 6.07 Å². The Balaban J connectivity index is 2.15. The van der Waals surface area contributed by atoms with Crippen molar-refractivity contribution in [1.29, 1.82) is 0 Å². The van der Waals surface area contributed by atoms with Crippen LogP contribution in [0.25, 0.3) is 0 Å². The van der Waals surface area contributed by atoms with E-state index in [-0.39, 0.29) is 11.4 Å². The lowest BCUT2D eigenvalue weighted by Crippen LogP contribution is -2.25. The number of nitrogen functional groups attached to an aromatic ring is 1. The van der Waals surface area contributed by atoms with Gasteiger partial charge in [-0.1, -0.05) is 13.0 Å². The summed E-state index contributed by atoms with van der Waals surface area (Å²) in [5, 5.41) is 10.8. The molecule has 0 spiro atoms. The minimum Gasteiger partial charge on any atom is -0.393 e. The van der Waals surface area contributed by atoms with Crippen LogP contribution in [-0.2, 0) is 6.54 Å². The molecule has 0 bridgehead atoms. The van der Waals surface area contributed by atoms with Crippen molar-refractivity contribution in [1.82, 2.24) is 4.90 Å². The third-order valence-electron chi connectivity index (χ3n) is 3.15. The molecule has 1 aliphatic rings. The molecule has 2 N–H and O–H groups in total. The maximum Gasteiger partial charge on any atom is 0.292 e. The third-order valence-corrected chi connectivity index (χ3v) is 3.15. The average Bonchev–Trinajstić information content (AvgIpc) is 3.11. The highest BCUT2D eigenvalue weighted by atomic mass is 16.6. The zero-order valence-corrected chi connectivity index (χ0v) is 9.93. The Kier molecular flexibility index (Phi) is 3.28. The molecule has 17 heavy (non-hydrogen) atoms. The summed E-state index contributed by atoms with van der Waals surface area (Å²) in [4.78, 5) is 12.7. The van der Waals surface area contributed by atoms with Crippen molar-refractivity contribution < 1.29 is 4.92 Å². The fourth-order valence-corrected chi connectivity index (χ4v) is 2.02. The highest BCUT2D eigenvalue weighted by Gasteiger charge is 2.28. The molecular weight excluding hydrogens is 218 g/mol. The molecule has 92 valence electrons. The van der Waals surface area contributed by atoms with Crippen LogP contribution in [0.3, 0.4) is 0 Å². The number of benzene rings is 1. The minimum absolute atomic E-state index is 0.00866. The first-order valence-electron chi connectivity index (χ1n) is 5.88. The molecule has 5 nitrogen and oxygen atoms in total. The Morgan fingerprint density at radius 1 is 1.53 bits per heavy atom. The van der Waals surface area contributed by atoms with Crippen molar-refractivity contribution in [3.8, 4) is 0 Å². The van der Waals surface area contributed by atoms with E-state index in [0.717, 1.165) is 18.7 Å². The molecule has 0 radical (unpaired) electrons. The van der Waals surface area contributed by atoms with E-state index in [9.17, 15) is 10.1 Å². The number of nitrogens with zero attached hydrogens (tertiary/aromatic N) is 2. The topological polar surface area (TPSA) is 72.4 Å². The monoisotopic (exact) mass is 235 g/mol. The Morgan fingerprint density at radius 3 is 2.76 bits per heavy atom. The molecule has 1 aromatic rings. The van der Waals surface area contributed by atoms with Crippen LogP contribution >= 0.6 is 0 Å². The molecule has 1 aromatic carbocycles. The van der Waals surface area contributed by atoms with Crippen LogP contribution < -0.4 is 5.73 Å². The van der Waals surface area contributed by atoms with E-state index in [1.165, 1.54) is 12.8 Å². The molecule has 0 heterocycles. The standard InChI is InChI=1S/C12H17N3O2/c1-2-14(10-4-5-10)8-9-3-6-11(13)12(7-9)15(16)17/h3,6-7,10H,2,4-5,8,13H2,1H3. The van der Waals surface area contributed by atoms with E-state index in [1.54, 1.807) is 12.1 Å². The molecule has 0 aromatic heterocycles. The molecule has 0 unspecified atom stereocenters. The van der Waals surface area contributed by atoms with Crippen molar-refractivity contribution in [2.24, 2.45) is 0 Å². The van der Waals surface area contributed by atoms with Gasteiger partial charge in [-0.05, 0) is 31.0 Å². The van der Waals surface area contributed by atoms with Gasteiger partial charge in [-0.2, -0.15) is 0 Å². The number of nitro benzene ring substituents is 1. The fraction of sp³-hybridized carbons (Fsp3) is 0.500. The van der Waals surface area contributed by atoms with Gasteiger partial charge in [0.1, 0.15) is 5.69 Å². The smallest absolute Gasteiger partial charge is 0.292 e. The molecular formula is C12H17N3O2. The van der Waals surface area contributed by atoms with Crippen molar-refractivity contribution in [3.63, 3.8) is 0 Å². The van der Waals surface area contributed by atoms with E-state index in [0.29, 0.717) is 6.04 Å². The van der Waals surface area contributed by atoms with Gasteiger partial charge in [0.2, 0.25) is 0 Å². The number of hydrogen-bond acceptors (Lipinski definition) is 4. The van der Waals surface area contributed by atoms with Gasteiger partial charge in [-0.25, -0.2) is 0 Å². The summed E-state index contributed by atoms with van der Waals surface area (Å²) in [5.74, 6) is 0. The predicted molar refractivity (Wildman–Crippen MR) is 66.6 cm³/mol. The SMILES string of the molecule is CCN(Cc1ccc(N)c([N+](=O)[O-])c1)C1CC1. The summed E-state index contributed by atoms with van der Waals surface area (Å²) in [7, 11) is 0. The van der Waals surface area contributed by atoms with Gasteiger partial charge in [0.15, 0.2) is 0 Å². The molecule has 1 fully saturated rings. The van der Waals surface area contributed by atoms with Gasteiger partial charge in [0.25, 0.3) is 5.69 Å². The number of anilines is 1. The molecule has 0 atom stereocenters. The van der Waals surface area contributed by atoms with Gasteiger partial charge in [0, 0.05) is 18.7 Å². The fourth-order valence-electron chi connectivity index (χ4n) is 2.02. The molecule has 0 saturated heterocycles. The van der Waals surface area contributed by atoms with Crippen LogP contribution in [0.2, 0.25) is 0 Å². The van der Waals surface area contributed by atoms with E-state index >= 15 is 0 Å². The Labute approximate surface area is 100 Å². The van der Waals surface area contributed by atoms with Crippen LogP contribution in [-0.4, -0.2) is 22.4 Å². The zero-order chi connectivity index (χ0) is 12.4. The van der Waals surface area contributed by atoms with Gasteiger partial charge >= 0.3 is 0 Å². The molecule has 0 amide bonds. The van der Waals surface area contributed by atoms with Crippen LogP contribution in [0.1, 0.15) is 25.3 Å². The summed E-state index contributed by atoms with van der Waals surface area (Å²) in [6.07, 6.45) is 2.48. The van der Waals surface area contributed by atoms with Crippen molar-refractivity contribution in [2.75, 3.05) is 12.3 Å². The minimum atomic E-state index is -0.424. The van der Waals surface area contributed by atoms with Crippen molar-refractivity contribution >= 4 is 11.4 Å². The first kappa shape index (κ1) is 11.9. The summed E-state index contributed by atoms with van der Waals surface area (Å²) in [6.45, 7) is 3.86. The van der Waals surface area contributed by atoms with Gasteiger partial charge in [-0.3, -0.25) is 15.0 Å². The normalized spacial score (nSPS) is 15.2. The molecule has 0 aliphatic heterocycles. The molecule has 5 heteroatoms. The Morgan fingerprint density at radius 2 is 2.24 bits per heavy atom. The number of nitro groups is 1. The second-order valence-corrected chi connectivity index (χ2v) is 4.44. The number of rotatable bonds is 5. The van der Waals surface area contributed by atoms with E-state index in [2.05, 4.69) is 11.8 Å². The second kappa shape index (κ2) is 4.71. The van der Waals surface area contributed by atoms with Crippen LogP contribution in [0.4, 0.5) is 11.4 Å². The lowest BCUT2D eigenvalue weighted by atomic mass is 10.1. The van der Waals surface area contributed by atoms with Crippen molar-refractivity contribution in [2.45, 2.75) is 32.4 Å². The van der Waals surface area contributed by atoms with Gasteiger partial charge in [0.05, 0.1) is 4.92 Å². The largest absolute Gasteiger partial charge is 0.393 e. The zero-order valence-electron chi connectivity index (χ0n) is 9.93. The average molecular weight is 235 g/mol. The maximum atomic E-state index is 10.8.